The van der Waals surface area contributed by atoms with Crippen molar-refractivity contribution in [3.8, 4) is 0 Å². The van der Waals surface area contributed by atoms with Gasteiger partial charge in [0.1, 0.15) is 6.04 Å². The summed E-state index contributed by atoms with van der Waals surface area (Å²) in [6.45, 7) is 6.44. The topological polar surface area (TPSA) is 79.5 Å². The van der Waals surface area contributed by atoms with Crippen molar-refractivity contribution in [1.29, 1.82) is 0 Å². The second-order valence-electron chi connectivity index (χ2n) is 4.82. The molecule has 0 bridgehead atoms. The normalized spacial score (nSPS) is 13.2. The molecule has 1 aromatic rings. The Morgan fingerprint density at radius 2 is 1.89 bits per heavy atom. The quantitative estimate of drug-likeness (QED) is 0.556. The molecule has 0 aliphatic rings. The molecule has 19 heavy (non-hydrogen) atoms. The molecule has 0 fully saturated rings. The van der Waals surface area contributed by atoms with E-state index in [0.717, 1.165) is 5.69 Å². The zero-order valence-corrected chi connectivity index (χ0v) is 11.7. The second kappa shape index (κ2) is 7.41. The van der Waals surface area contributed by atoms with E-state index in [9.17, 15) is 4.79 Å². The number of aliphatic imine (C=N–C) groups is 1. The molecule has 0 aromatic heterocycles. The summed E-state index contributed by atoms with van der Waals surface area (Å²) in [5.74, 6) is 0.532. The Morgan fingerprint density at radius 3 is 2.47 bits per heavy atom. The Labute approximate surface area is 114 Å². The largest absolute Gasteiger partial charge is 0.370 e. The number of para-hydroxylation sites is 1. The molecule has 104 valence electrons. The Bertz CT molecular complexity index is 428. The highest BCUT2D eigenvalue weighted by atomic mass is 16.2. The van der Waals surface area contributed by atoms with Gasteiger partial charge in [-0.2, -0.15) is 0 Å². The maximum atomic E-state index is 11.7. The van der Waals surface area contributed by atoms with E-state index in [-0.39, 0.29) is 11.9 Å². The summed E-state index contributed by atoms with van der Waals surface area (Å²) in [6.07, 6.45) is 0. The summed E-state index contributed by atoms with van der Waals surface area (Å²) in [5, 5.41) is 5.76. The number of benzene rings is 1. The van der Waals surface area contributed by atoms with Crippen LogP contribution in [0.4, 0.5) is 5.69 Å². The molecule has 1 unspecified atom stereocenters. The number of nitrogens with one attached hydrogen (secondary N) is 2. The molecule has 0 aliphatic heterocycles. The molecule has 0 heterocycles. The Kier molecular flexibility index (Phi) is 5.85. The fourth-order valence-corrected chi connectivity index (χ4v) is 1.42. The highest BCUT2D eigenvalue weighted by molar-refractivity contribution is 5.94. The summed E-state index contributed by atoms with van der Waals surface area (Å²) in [7, 11) is 0. The molecule has 0 spiro atoms. The van der Waals surface area contributed by atoms with Gasteiger partial charge in [-0.1, -0.05) is 32.0 Å². The van der Waals surface area contributed by atoms with Crippen molar-refractivity contribution in [3.05, 3.63) is 30.3 Å². The first kappa shape index (κ1) is 15.0. The van der Waals surface area contributed by atoms with Crippen molar-refractivity contribution >= 4 is 17.6 Å². The lowest BCUT2D eigenvalue weighted by molar-refractivity contribution is -0.122. The summed E-state index contributed by atoms with van der Waals surface area (Å²) in [5.41, 5.74) is 6.61. The molecule has 1 atom stereocenters. The lowest BCUT2D eigenvalue weighted by atomic mass is 10.2. The van der Waals surface area contributed by atoms with Gasteiger partial charge >= 0.3 is 0 Å². The molecule has 5 nitrogen and oxygen atoms in total. The highest BCUT2D eigenvalue weighted by Gasteiger charge is 2.11. The number of hydrogen-bond acceptors (Lipinski definition) is 2. The van der Waals surface area contributed by atoms with E-state index in [1.54, 1.807) is 6.92 Å². The van der Waals surface area contributed by atoms with Crippen LogP contribution in [0.3, 0.4) is 0 Å². The predicted molar refractivity (Wildman–Crippen MR) is 79.0 cm³/mol. The van der Waals surface area contributed by atoms with Crippen molar-refractivity contribution in [2.45, 2.75) is 26.8 Å². The monoisotopic (exact) mass is 262 g/mol. The number of anilines is 1. The van der Waals surface area contributed by atoms with Gasteiger partial charge in [-0.3, -0.25) is 4.79 Å². The van der Waals surface area contributed by atoms with Crippen molar-refractivity contribution in [2.75, 3.05) is 11.9 Å². The minimum absolute atomic E-state index is 0.119. The van der Waals surface area contributed by atoms with Crippen LogP contribution in [0.2, 0.25) is 0 Å². The van der Waals surface area contributed by atoms with Gasteiger partial charge in [-0.05, 0) is 25.0 Å². The molecule has 0 saturated heterocycles. The smallest absolute Gasteiger partial charge is 0.244 e. The van der Waals surface area contributed by atoms with Crippen molar-refractivity contribution < 1.29 is 4.79 Å². The van der Waals surface area contributed by atoms with Gasteiger partial charge in [-0.25, -0.2) is 4.99 Å². The minimum atomic E-state index is -0.505. The van der Waals surface area contributed by atoms with Crippen LogP contribution in [0, 0.1) is 5.92 Å². The maximum Gasteiger partial charge on any atom is 0.244 e. The standard InChI is InChI=1S/C14H22N4O/c1-10(2)9-16-13(19)11(3)17-14(15)18-12-7-5-4-6-8-12/h4-8,10-11H,9H2,1-3H3,(H,16,19)(H3,15,17,18). The number of nitrogens with zero attached hydrogens (tertiary/aromatic N) is 1. The molecule has 1 aromatic carbocycles. The van der Waals surface area contributed by atoms with Crippen LogP contribution in [-0.2, 0) is 4.79 Å². The van der Waals surface area contributed by atoms with Gasteiger partial charge in [-0.15, -0.1) is 0 Å². The van der Waals surface area contributed by atoms with E-state index < -0.39 is 6.04 Å². The van der Waals surface area contributed by atoms with E-state index in [2.05, 4.69) is 15.6 Å². The van der Waals surface area contributed by atoms with E-state index in [1.807, 2.05) is 44.2 Å². The van der Waals surface area contributed by atoms with Gasteiger partial charge in [0.15, 0.2) is 5.96 Å². The summed E-state index contributed by atoms with van der Waals surface area (Å²) < 4.78 is 0. The van der Waals surface area contributed by atoms with Gasteiger partial charge in [0.05, 0.1) is 0 Å². The molecule has 4 N–H and O–H groups in total. The van der Waals surface area contributed by atoms with E-state index in [0.29, 0.717) is 12.5 Å². The lowest BCUT2D eigenvalue weighted by Gasteiger charge is -2.12. The molecule has 0 radical (unpaired) electrons. The maximum absolute atomic E-state index is 11.7. The first-order valence-electron chi connectivity index (χ1n) is 6.42. The van der Waals surface area contributed by atoms with Crippen molar-refractivity contribution in [2.24, 2.45) is 16.6 Å². The van der Waals surface area contributed by atoms with Crippen LogP contribution >= 0.6 is 0 Å². The molecule has 5 heteroatoms. The number of hydrogen-bond donors (Lipinski definition) is 3. The molecular weight excluding hydrogens is 240 g/mol. The van der Waals surface area contributed by atoms with Crippen LogP contribution in [0.5, 0.6) is 0 Å². The second-order valence-corrected chi connectivity index (χ2v) is 4.82. The van der Waals surface area contributed by atoms with E-state index in [1.165, 1.54) is 0 Å². The number of rotatable bonds is 5. The average Bonchev–Trinajstić information content (AvgIpc) is 2.36. The van der Waals surface area contributed by atoms with Gasteiger partial charge in [0.2, 0.25) is 5.91 Å². The Hall–Kier alpha value is -2.04. The predicted octanol–water partition coefficient (Wildman–Crippen LogP) is 1.57. The number of amides is 1. The lowest BCUT2D eigenvalue weighted by Crippen LogP contribution is -2.36. The summed E-state index contributed by atoms with van der Waals surface area (Å²) in [6, 6.07) is 8.97. The average molecular weight is 262 g/mol. The third kappa shape index (κ3) is 5.90. The number of carbonyl (C=O) groups excluding carboxylic acids is 1. The fraction of sp³-hybridized carbons (Fsp3) is 0.429. The Morgan fingerprint density at radius 1 is 1.26 bits per heavy atom. The summed E-state index contributed by atoms with van der Waals surface area (Å²) >= 11 is 0. The zero-order chi connectivity index (χ0) is 14.3. The highest BCUT2D eigenvalue weighted by Crippen LogP contribution is 2.04. The zero-order valence-electron chi connectivity index (χ0n) is 11.7. The van der Waals surface area contributed by atoms with Crippen LogP contribution in [0.25, 0.3) is 0 Å². The van der Waals surface area contributed by atoms with Gasteiger partial charge < -0.3 is 16.4 Å². The number of carbonyl (C=O) groups is 1. The minimum Gasteiger partial charge on any atom is -0.370 e. The van der Waals surface area contributed by atoms with Crippen LogP contribution in [0.15, 0.2) is 35.3 Å². The van der Waals surface area contributed by atoms with E-state index in [4.69, 9.17) is 5.73 Å². The molecule has 1 amide bonds. The Balaban J connectivity index is 2.51. The number of nitrogens with two attached hydrogens (primary N) is 1. The first-order valence-corrected chi connectivity index (χ1v) is 6.42. The van der Waals surface area contributed by atoms with Crippen LogP contribution in [0.1, 0.15) is 20.8 Å². The SMILES string of the molecule is CC(C)CNC(=O)C(C)N=C(N)Nc1ccccc1. The molecule has 0 saturated carbocycles. The first-order chi connectivity index (χ1) is 8.99. The van der Waals surface area contributed by atoms with Crippen LogP contribution < -0.4 is 16.4 Å². The molecule has 1 rings (SSSR count). The molecular formula is C14H22N4O. The summed E-state index contributed by atoms with van der Waals surface area (Å²) in [4.78, 5) is 15.9. The third-order valence-electron chi connectivity index (χ3n) is 2.44. The third-order valence-corrected chi connectivity index (χ3v) is 2.44. The number of guanidine groups is 1. The van der Waals surface area contributed by atoms with Gasteiger partial charge in [0.25, 0.3) is 0 Å². The van der Waals surface area contributed by atoms with E-state index >= 15 is 0 Å². The van der Waals surface area contributed by atoms with Crippen molar-refractivity contribution in [3.63, 3.8) is 0 Å². The van der Waals surface area contributed by atoms with Crippen LogP contribution in [-0.4, -0.2) is 24.5 Å². The van der Waals surface area contributed by atoms with Gasteiger partial charge in [0, 0.05) is 12.2 Å². The molecule has 0 aliphatic carbocycles. The van der Waals surface area contributed by atoms with Crippen molar-refractivity contribution in [1.82, 2.24) is 5.32 Å². The fourth-order valence-electron chi connectivity index (χ4n) is 1.42.